The molecule has 0 saturated heterocycles. The first kappa shape index (κ1) is 12.5. The van der Waals surface area contributed by atoms with Gasteiger partial charge in [-0.1, -0.05) is 26.0 Å². The Hall–Kier alpha value is -1.58. The maximum absolute atomic E-state index is 13.3. The molecule has 0 radical (unpaired) electrons. The molecule has 0 spiro atoms. The number of ether oxygens (including phenoxy) is 1. The largest absolute Gasteiger partial charge is 0.478 e. The van der Waals surface area contributed by atoms with Crippen molar-refractivity contribution < 1.29 is 19.0 Å². The molecule has 0 unspecified atom stereocenters. The van der Waals surface area contributed by atoms with E-state index in [1.54, 1.807) is 19.9 Å². The van der Waals surface area contributed by atoms with E-state index in [0.29, 0.717) is 0 Å². The van der Waals surface area contributed by atoms with Gasteiger partial charge in [-0.3, -0.25) is 0 Å². The second-order valence-electron chi connectivity index (χ2n) is 3.54. The fourth-order valence-corrected chi connectivity index (χ4v) is 1.48. The molecule has 88 valence electrons. The van der Waals surface area contributed by atoms with Crippen LogP contribution in [-0.4, -0.2) is 16.7 Å². The van der Waals surface area contributed by atoms with E-state index in [1.807, 2.05) is 0 Å². The van der Waals surface area contributed by atoms with Crippen LogP contribution in [0.25, 0.3) is 0 Å². The van der Waals surface area contributed by atoms with Gasteiger partial charge >= 0.3 is 5.97 Å². The topological polar surface area (TPSA) is 46.5 Å². The summed E-state index contributed by atoms with van der Waals surface area (Å²) in [6, 6.07) is 5.81. The van der Waals surface area contributed by atoms with Crippen LogP contribution in [-0.2, 0) is 4.79 Å². The van der Waals surface area contributed by atoms with Gasteiger partial charge < -0.3 is 9.84 Å². The lowest BCUT2D eigenvalue weighted by molar-refractivity contribution is -0.156. The summed E-state index contributed by atoms with van der Waals surface area (Å²) in [6.07, 6.45) is 0.570. The van der Waals surface area contributed by atoms with Gasteiger partial charge in [0.2, 0.25) is 5.60 Å². The predicted octanol–water partition coefficient (Wildman–Crippen LogP) is 2.85. The molecular weight excluding hydrogens is 211 g/mol. The van der Waals surface area contributed by atoms with Crippen molar-refractivity contribution in [3.63, 3.8) is 0 Å². The number of carbonyl (C=O) groups is 1. The molecule has 4 heteroatoms. The van der Waals surface area contributed by atoms with Crippen LogP contribution in [0.5, 0.6) is 5.75 Å². The van der Waals surface area contributed by atoms with Gasteiger partial charge in [0.1, 0.15) is 0 Å². The highest BCUT2D eigenvalue weighted by molar-refractivity contribution is 5.77. The second-order valence-corrected chi connectivity index (χ2v) is 3.54. The number of rotatable bonds is 5. The molecule has 0 atom stereocenters. The van der Waals surface area contributed by atoms with E-state index in [4.69, 9.17) is 9.84 Å². The molecule has 0 aromatic heterocycles. The van der Waals surface area contributed by atoms with Crippen molar-refractivity contribution in [3.8, 4) is 5.75 Å². The van der Waals surface area contributed by atoms with Crippen LogP contribution in [0.2, 0.25) is 0 Å². The Balaban J connectivity index is 3.01. The standard InChI is InChI=1S/C12H15FO3/c1-3-12(4-2,11(14)15)16-10-8-6-5-7-9(10)13/h5-8H,3-4H2,1-2H3,(H,14,15). The number of hydrogen-bond acceptors (Lipinski definition) is 2. The van der Waals surface area contributed by atoms with E-state index in [2.05, 4.69) is 0 Å². The number of hydrogen-bond donors (Lipinski definition) is 1. The van der Waals surface area contributed by atoms with Gasteiger partial charge in [0.05, 0.1) is 0 Å². The van der Waals surface area contributed by atoms with Crippen molar-refractivity contribution >= 4 is 5.97 Å². The molecule has 0 amide bonds. The molecule has 16 heavy (non-hydrogen) atoms. The van der Waals surface area contributed by atoms with Gasteiger partial charge in [-0.15, -0.1) is 0 Å². The molecule has 3 nitrogen and oxygen atoms in total. The van der Waals surface area contributed by atoms with Gasteiger partial charge in [-0.2, -0.15) is 0 Å². The molecule has 1 aromatic carbocycles. The van der Waals surface area contributed by atoms with E-state index in [-0.39, 0.29) is 18.6 Å². The summed E-state index contributed by atoms with van der Waals surface area (Å²) in [5, 5.41) is 9.13. The summed E-state index contributed by atoms with van der Waals surface area (Å²) < 4.78 is 18.7. The summed E-state index contributed by atoms with van der Waals surface area (Å²) in [6.45, 7) is 3.41. The first-order valence-corrected chi connectivity index (χ1v) is 5.22. The van der Waals surface area contributed by atoms with Gasteiger partial charge in [-0.05, 0) is 25.0 Å². The van der Waals surface area contributed by atoms with Gasteiger partial charge in [0.25, 0.3) is 0 Å². The number of para-hydroxylation sites is 1. The van der Waals surface area contributed by atoms with Crippen LogP contribution in [0.1, 0.15) is 26.7 Å². The highest BCUT2D eigenvalue weighted by Crippen LogP contribution is 2.26. The van der Waals surface area contributed by atoms with Crippen LogP contribution >= 0.6 is 0 Å². The van der Waals surface area contributed by atoms with E-state index >= 15 is 0 Å². The lowest BCUT2D eigenvalue weighted by atomic mass is 9.97. The lowest BCUT2D eigenvalue weighted by Gasteiger charge is -2.28. The van der Waals surface area contributed by atoms with Crippen LogP contribution in [0.4, 0.5) is 4.39 Å². The Morgan fingerprint density at radius 3 is 2.38 bits per heavy atom. The molecule has 0 aliphatic carbocycles. The average molecular weight is 226 g/mol. The van der Waals surface area contributed by atoms with Crippen molar-refractivity contribution in [2.45, 2.75) is 32.3 Å². The zero-order valence-electron chi connectivity index (χ0n) is 9.37. The predicted molar refractivity (Wildman–Crippen MR) is 58.0 cm³/mol. The number of halogens is 1. The van der Waals surface area contributed by atoms with Crippen molar-refractivity contribution in [2.75, 3.05) is 0 Å². The van der Waals surface area contributed by atoms with E-state index in [1.165, 1.54) is 18.2 Å². The maximum Gasteiger partial charge on any atom is 0.348 e. The third-order valence-corrected chi connectivity index (χ3v) is 2.67. The molecule has 0 saturated carbocycles. The molecule has 1 rings (SSSR count). The fraction of sp³-hybridized carbons (Fsp3) is 0.417. The molecule has 0 bridgehead atoms. The fourth-order valence-electron chi connectivity index (χ4n) is 1.48. The zero-order chi connectivity index (χ0) is 12.2. The Morgan fingerprint density at radius 2 is 1.94 bits per heavy atom. The lowest BCUT2D eigenvalue weighted by Crippen LogP contribution is -2.43. The SMILES string of the molecule is CCC(CC)(Oc1ccccc1F)C(=O)O. The summed E-state index contributed by atoms with van der Waals surface area (Å²) in [4.78, 5) is 11.2. The van der Waals surface area contributed by atoms with Crippen LogP contribution in [0, 0.1) is 5.82 Å². The monoisotopic (exact) mass is 226 g/mol. The summed E-state index contributed by atoms with van der Waals surface area (Å²) >= 11 is 0. The number of aliphatic carboxylic acids is 1. The third kappa shape index (κ3) is 2.32. The third-order valence-electron chi connectivity index (χ3n) is 2.67. The molecule has 1 aromatic rings. The Kier molecular flexibility index (Phi) is 3.88. The molecular formula is C12H15FO3. The van der Waals surface area contributed by atoms with Crippen molar-refractivity contribution in [2.24, 2.45) is 0 Å². The van der Waals surface area contributed by atoms with E-state index in [9.17, 15) is 9.18 Å². The minimum absolute atomic E-state index is 0.0198. The highest BCUT2D eigenvalue weighted by atomic mass is 19.1. The summed E-state index contributed by atoms with van der Waals surface area (Å²) in [5.41, 5.74) is -1.35. The van der Waals surface area contributed by atoms with E-state index < -0.39 is 17.4 Å². The molecule has 1 N–H and O–H groups in total. The second kappa shape index (κ2) is 4.96. The Bertz CT molecular complexity index is 372. The first-order chi connectivity index (χ1) is 7.55. The minimum Gasteiger partial charge on any atom is -0.478 e. The summed E-state index contributed by atoms with van der Waals surface area (Å²) in [5.74, 6) is -1.63. The average Bonchev–Trinajstić information content (AvgIpc) is 2.28. The molecule has 0 aliphatic rings. The minimum atomic E-state index is -1.35. The van der Waals surface area contributed by atoms with Crippen LogP contribution in [0.3, 0.4) is 0 Å². The molecule has 0 heterocycles. The van der Waals surface area contributed by atoms with E-state index in [0.717, 1.165) is 0 Å². The normalized spacial score (nSPS) is 11.2. The Morgan fingerprint density at radius 1 is 1.38 bits per heavy atom. The van der Waals surface area contributed by atoms with Crippen LogP contribution < -0.4 is 4.74 Å². The summed E-state index contributed by atoms with van der Waals surface area (Å²) in [7, 11) is 0. The quantitative estimate of drug-likeness (QED) is 0.839. The number of carboxylic acids is 1. The smallest absolute Gasteiger partial charge is 0.348 e. The van der Waals surface area contributed by atoms with Gasteiger partial charge in [-0.25, -0.2) is 9.18 Å². The van der Waals surface area contributed by atoms with Crippen molar-refractivity contribution in [3.05, 3.63) is 30.1 Å². The number of carboxylic acid groups (broad SMARTS) is 1. The maximum atomic E-state index is 13.3. The zero-order valence-corrected chi connectivity index (χ0v) is 9.37. The number of benzene rings is 1. The molecule has 0 aliphatic heterocycles. The van der Waals surface area contributed by atoms with Crippen LogP contribution in [0.15, 0.2) is 24.3 Å². The van der Waals surface area contributed by atoms with Crippen molar-refractivity contribution in [1.29, 1.82) is 0 Å². The first-order valence-electron chi connectivity index (χ1n) is 5.22. The Labute approximate surface area is 93.9 Å². The van der Waals surface area contributed by atoms with Crippen molar-refractivity contribution in [1.82, 2.24) is 0 Å². The van der Waals surface area contributed by atoms with Gasteiger partial charge in [0, 0.05) is 0 Å². The molecule has 0 fully saturated rings. The highest BCUT2D eigenvalue weighted by Gasteiger charge is 2.37. The van der Waals surface area contributed by atoms with Gasteiger partial charge in [0.15, 0.2) is 11.6 Å².